The smallest absolute Gasteiger partial charge is 0.120 e. The highest BCUT2D eigenvalue weighted by molar-refractivity contribution is 5.31. The number of para-hydroxylation sites is 1. The van der Waals surface area contributed by atoms with Gasteiger partial charge in [-0.1, -0.05) is 18.2 Å². The number of hydrogen-bond acceptors (Lipinski definition) is 3. The molecule has 0 saturated heterocycles. The van der Waals surface area contributed by atoms with Crippen LogP contribution in [0, 0.1) is 0 Å². The van der Waals surface area contributed by atoms with Crippen molar-refractivity contribution in [3.8, 4) is 5.75 Å². The lowest BCUT2D eigenvalue weighted by Crippen LogP contribution is -2.36. The van der Waals surface area contributed by atoms with E-state index in [1.165, 1.54) is 0 Å². The average Bonchev–Trinajstić information content (AvgIpc) is 2.26. The molecule has 0 radical (unpaired) electrons. The van der Waals surface area contributed by atoms with E-state index in [0.29, 0.717) is 12.3 Å². The van der Waals surface area contributed by atoms with Crippen LogP contribution in [-0.4, -0.2) is 24.4 Å². The maximum atomic E-state index is 9.55. The first-order valence-corrected chi connectivity index (χ1v) is 5.18. The third-order valence-electron chi connectivity index (χ3n) is 2.68. The molecule has 0 heterocycles. The number of rotatable bonds is 5. The van der Waals surface area contributed by atoms with Crippen LogP contribution in [-0.2, 0) is 11.3 Å². The number of hydrogen-bond donors (Lipinski definition) is 2. The zero-order valence-electron chi connectivity index (χ0n) is 9.53. The van der Waals surface area contributed by atoms with Gasteiger partial charge < -0.3 is 15.2 Å². The molecule has 0 aliphatic heterocycles. The van der Waals surface area contributed by atoms with Gasteiger partial charge in [0.2, 0.25) is 0 Å². The lowest BCUT2D eigenvalue weighted by atomic mass is 10.1. The van der Waals surface area contributed by atoms with Crippen molar-refractivity contribution in [2.75, 3.05) is 7.11 Å². The van der Waals surface area contributed by atoms with E-state index in [1.807, 2.05) is 25.1 Å². The molecule has 0 amide bonds. The molecular formula is C12H19NO2. The van der Waals surface area contributed by atoms with Crippen LogP contribution in [0.1, 0.15) is 19.4 Å². The molecule has 1 aromatic carbocycles. The van der Waals surface area contributed by atoms with Gasteiger partial charge in [-0.25, -0.2) is 0 Å². The summed E-state index contributed by atoms with van der Waals surface area (Å²) in [7, 11) is 1.70. The quantitative estimate of drug-likeness (QED) is 0.778. The van der Waals surface area contributed by atoms with E-state index in [1.54, 1.807) is 13.2 Å². The predicted molar refractivity (Wildman–Crippen MR) is 60.9 cm³/mol. The highest BCUT2D eigenvalue weighted by atomic mass is 16.5. The summed E-state index contributed by atoms with van der Waals surface area (Å²) in [5.41, 5.74) is 0.910. The molecule has 2 unspecified atom stereocenters. The largest absolute Gasteiger partial charge is 0.508 e. The lowest BCUT2D eigenvalue weighted by Gasteiger charge is -2.20. The Labute approximate surface area is 91.1 Å². The average molecular weight is 209 g/mol. The first-order chi connectivity index (χ1) is 7.15. The second-order valence-electron chi connectivity index (χ2n) is 3.74. The lowest BCUT2D eigenvalue weighted by molar-refractivity contribution is 0.0881. The summed E-state index contributed by atoms with van der Waals surface area (Å²) in [6, 6.07) is 7.60. The molecule has 15 heavy (non-hydrogen) atoms. The number of methoxy groups -OCH3 is 1. The van der Waals surface area contributed by atoms with Gasteiger partial charge in [0.15, 0.2) is 0 Å². The Morgan fingerprint density at radius 1 is 1.33 bits per heavy atom. The van der Waals surface area contributed by atoms with Crippen molar-refractivity contribution >= 4 is 0 Å². The maximum absolute atomic E-state index is 9.55. The Morgan fingerprint density at radius 2 is 2.00 bits per heavy atom. The Bertz CT molecular complexity index is 301. The van der Waals surface area contributed by atoms with Crippen molar-refractivity contribution < 1.29 is 9.84 Å². The molecule has 0 aromatic heterocycles. The number of benzene rings is 1. The third-order valence-corrected chi connectivity index (χ3v) is 2.68. The zero-order valence-corrected chi connectivity index (χ0v) is 9.53. The summed E-state index contributed by atoms with van der Waals surface area (Å²) in [6.07, 6.45) is 0.163. The summed E-state index contributed by atoms with van der Waals surface area (Å²) in [4.78, 5) is 0. The standard InChI is InChI=1S/C12H19NO2/c1-9(10(2)15-3)13-8-11-6-4-5-7-12(11)14/h4-7,9-10,13-14H,8H2,1-3H3. The molecule has 0 fully saturated rings. The maximum Gasteiger partial charge on any atom is 0.120 e. The van der Waals surface area contributed by atoms with Crippen molar-refractivity contribution in [1.29, 1.82) is 0 Å². The van der Waals surface area contributed by atoms with Crippen LogP contribution in [0.15, 0.2) is 24.3 Å². The van der Waals surface area contributed by atoms with Gasteiger partial charge in [0.25, 0.3) is 0 Å². The molecule has 84 valence electrons. The second-order valence-corrected chi connectivity index (χ2v) is 3.74. The number of aromatic hydroxyl groups is 1. The van der Waals surface area contributed by atoms with E-state index in [0.717, 1.165) is 5.56 Å². The minimum Gasteiger partial charge on any atom is -0.508 e. The van der Waals surface area contributed by atoms with Gasteiger partial charge >= 0.3 is 0 Å². The molecule has 2 N–H and O–H groups in total. The van der Waals surface area contributed by atoms with Gasteiger partial charge in [-0.2, -0.15) is 0 Å². The van der Waals surface area contributed by atoms with Gasteiger partial charge in [0, 0.05) is 25.3 Å². The van der Waals surface area contributed by atoms with Crippen LogP contribution in [0.3, 0.4) is 0 Å². The molecule has 0 bridgehead atoms. The zero-order chi connectivity index (χ0) is 11.3. The Morgan fingerprint density at radius 3 is 2.60 bits per heavy atom. The molecule has 3 nitrogen and oxygen atoms in total. The van der Waals surface area contributed by atoms with E-state index >= 15 is 0 Å². The van der Waals surface area contributed by atoms with Crippen molar-refractivity contribution in [2.45, 2.75) is 32.5 Å². The van der Waals surface area contributed by atoms with Gasteiger partial charge in [0.05, 0.1) is 6.10 Å². The Kier molecular flexibility index (Phi) is 4.59. The molecule has 3 heteroatoms. The molecular weight excluding hydrogens is 190 g/mol. The van der Waals surface area contributed by atoms with Crippen molar-refractivity contribution in [3.63, 3.8) is 0 Å². The number of ether oxygens (including phenoxy) is 1. The van der Waals surface area contributed by atoms with Gasteiger partial charge in [0.1, 0.15) is 5.75 Å². The predicted octanol–water partition coefficient (Wildman–Crippen LogP) is 1.91. The summed E-state index contributed by atoms with van der Waals surface area (Å²) in [5, 5.41) is 12.9. The van der Waals surface area contributed by atoms with Gasteiger partial charge in [-0.05, 0) is 19.9 Å². The molecule has 1 aromatic rings. The highest BCUT2D eigenvalue weighted by Crippen LogP contribution is 2.15. The van der Waals surface area contributed by atoms with Crippen LogP contribution in [0.4, 0.5) is 0 Å². The Balaban J connectivity index is 2.47. The topological polar surface area (TPSA) is 41.5 Å². The van der Waals surface area contributed by atoms with Crippen LogP contribution in [0.2, 0.25) is 0 Å². The van der Waals surface area contributed by atoms with Crippen molar-refractivity contribution in [3.05, 3.63) is 29.8 Å². The highest BCUT2D eigenvalue weighted by Gasteiger charge is 2.10. The van der Waals surface area contributed by atoms with Crippen LogP contribution in [0.25, 0.3) is 0 Å². The van der Waals surface area contributed by atoms with E-state index in [-0.39, 0.29) is 12.1 Å². The number of phenolic OH excluding ortho intramolecular Hbond substituents is 1. The molecule has 0 aliphatic rings. The van der Waals surface area contributed by atoms with Crippen LogP contribution >= 0.6 is 0 Å². The van der Waals surface area contributed by atoms with Crippen molar-refractivity contribution in [1.82, 2.24) is 5.32 Å². The van der Waals surface area contributed by atoms with Crippen LogP contribution in [0.5, 0.6) is 5.75 Å². The summed E-state index contributed by atoms with van der Waals surface area (Å²) in [5.74, 6) is 0.335. The molecule has 0 spiro atoms. The first kappa shape index (κ1) is 12.0. The molecule has 0 aliphatic carbocycles. The van der Waals surface area contributed by atoms with E-state index in [4.69, 9.17) is 4.74 Å². The summed E-state index contributed by atoms with van der Waals surface area (Å²) in [6.45, 7) is 4.73. The SMILES string of the molecule is COC(C)C(C)NCc1ccccc1O. The van der Waals surface area contributed by atoms with Gasteiger partial charge in [-0.3, -0.25) is 0 Å². The fourth-order valence-corrected chi connectivity index (χ4v) is 1.30. The van der Waals surface area contributed by atoms with Crippen LogP contribution < -0.4 is 5.32 Å². The molecule has 1 rings (SSSR count). The van der Waals surface area contributed by atoms with E-state index < -0.39 is 0 Å². The van der Waals surface area contributed by atoms with Gasteiger partial charge in [-0.15, -0.1) is 0 Å². The first-order valence-electron chi connectivity index (χ1n) is 5.18. The monoisotopic (exact) mass is 209 g/mol. The fraction of sp³-hybridized carbons (Fsp3) is 0.500. The summed E-state index contributed by atoms with van der Waals surface area (Å²) < 4.78 is 5.21. The van der Waals surface area contributed by atoms with Crippen molar-refractivity contribution in [2.24, 2.45) is 0 Å². The number of nitrogens with one attached hydrogen (secondary N) is 1. The van der Waals surface area contributed by atoms with E-state index in [9.17, 15) is 5.11 Å². The summed E-state index contributed by atoms with van der Waals surface area (Å²) >= 11 is 0. The Hall–Kier alpha value is -1.06. The minimum atomic E-state index is 0.163. The normalized spacial score (nSPS) is 14.9. The molecule has 2 atom stereocenters. The number of phenols is 1. The fourth-order valence-electron chi connectivity index (χ4n) is 1.30. The molecule has 0 saturated carbocycles. The second kappa shape index (κ2) is 5.73. The van der Waals surface area contributed by atoms with E-state index in [2.05, 4.69) is 12.2 Å². The minimum absolute atomic E-state index is 0.163. The third kappa shape index (κ3) is 3.53.